The molecular formula is C27H45BrO3. The summed E-state index contributed by atoms with van der Waals surface area (Å²) < 4.78 is 0. The summed E-state index contributed by atoms with van der Waals surface area (Å²) in [6, 6.07) is 0. The largest absolute Gasteiger partial charge is 0.393 e. The lowest BCUT2D eigenvalue weighted by atomic mass is 9.42. The van der Waals surface area contributed by atoms with Crippen LogP contribution in [-0.2, 0) is 4.79 Å². The number of carbonyl (C=O) groups is 1. The topological polar surface area (TPSA) is 57.5 Å². The Kier molecular flexibility index (Phi) is 6.54. The molecule has 10 atom stereocenters. The quantitative estimate of drug-likeness (QED) is 0.449. The molecule has 4 fully saturated rings. The lowest BCUT2D eigenvalue weighted by Crippen LogP contribution is -2.70. The van der Waals surface area contributed by atoms with Crippen molar-refractivity contribution in [2.24, 2.45) is 46.3 Å². The molecule has 4 aliphatic carbocycles. The minimum absolute atomic E-state index is 0.0484. The zero-order valence-electron chi connectivity index (χ0n) is 20.4. The van der Waals surface area contributed by atoms with E-state index >= 15 is 0 Å². The molecule has 0 unspecified atom stereocenters. The molecule has 0 heterocycles. The molecule has 4 heteroatoms. The van der Waals surface area contributed by atoms with Crippen molar-refractivity contribution in [3.63, 3.8) is 0 Å². The molecule has 4 rings (SSSR count). The van der Waals surface area contributed by atoms with Gasteiger partial charge in [0, 0.05) is 11.8 Å². The van der Waals surface area contributed by atoms with Gasteiger partial charge in [-0.2, -0.15) is 0 Å². The SMILES string of the molecule is CC(C)CCC[C@@H](C)[C@H]1CC[C@H]2[C@@H]3[C@H](Br)C(=O)[C@@]4(O)C[C@@H](O)CC[C@]4(C)[C@H]3CC[C@]12C. The van der Waals surface area contributed by atoms with E-state index in [1.807, 2.05) is 0 Å². The summed E-state index contributed by atoms with van der Waals surface area (Å²) in [7, 11) is 0. The maximum Gasteiger partial charge on any atom is 0.178 e. The van der Waals surface area contributed by atoms with Gasteiger partial charge in [0.25, 0.3) is 0 Å². The third-order valence-electron chi connectivity index (χ3n) is 10.8. The van der Waals surface area contributed by atoms with Gasteiger partial charge in [0.1, 0.15) is 5.60 Å². The first-order chi connectivity index (χ1) is 14.5. The third-order valence-corrected chi connectivity index (χ3v) is 11.8. The minimum atomic E-state index is -1.38. The zero-order chi connectivity index (χ0) is 22.8. The van der Waals surface area contributed by atoms with Crippen molar-refractivity contribution in [3.8, 4) is 0 Å². The number of Topliss-reactive ketones (excluding diaryl/α,β-unsaturated/α-hetero) is 1. The molecule has 0 aromatic heterocycles. The molecule has 0 radical (unpaired) electrons. The Morgan fingerprint density at radius 2 is 1.74 bits per heavy atom. The van der Waals surface area contributed by atoms with E-state index in [0.29, 0.717) is 29.6 Å². The van der Waals surface area contributed by atoms with Crippen molar-refractivity contribution in [2.75, 3.05) is 0 Å². The summed E-state index contributed by atoms with van der Waals surface area (Å²) in [5.41, 5.74) is -1.47. The molecule has 0 saturated heterocycles. The Balaban J connectivity index is 1.58. The summed E-state index contributed by atoms with van der Waals surface area (Å²) >= 11 is 3.82. The average molecular weight is 498 g/mol. The van der Waals surface area contributed by atoms with Crippen LogP contribution >= 0.6 is 15.9 Å². The highest BCUT2D eigenvalue weighted by molar-refractivity contribution is 9.10. The zero-order valence-corrected chi connectivity index (χ0v) is 22.0. The van der Waals surface area contributed by atoms with Gasteiger partial charge >= 0.3 is 0 Å². The van der Waals surface area contributed by atoms with Crippen LogP contribution in [0.5, 0.6) is 0 Å². The molecule has 0 aromatic rings. The van der Waals surface area contributed by atoms with Crippen LogP contribution in [0.15, 0.2) is 0 Å². The predicted octanol–water partition coefficient (Wildman–Crippen LogP) is 6.14. The number of rotatable bonds is 5. The maximum absolute atomic E-state index is 13.6. The first-order valence-electron chi connectivity index (χ1n) is 13.0. The molecule has 0 aliphatic heterocycles. The van der Waals surface area contributed by atoms with E-state index < -0.39 is 17.1 Å². The Labute approximate surface area is 198 Å². The van der Waals surface area contributed by atoms with E-state index in [4.69, 9.17) is 0 Å². The van der Waals surface area contributed by atoms with Crippen LogP contribution in [0, 0.1) is 46.3 Å². The number of halogens is 1. The van der Waals surface area contributed by atoms with Gasteiger partial charge in [0.15, 0.2) is 5.78 Å². The van der Waals surface area contributed by atoms with Crippen molar-refractivity contribution in [3.05, 3.63) is 0 Å². The molecule has 3 nitrogen and oxygen atoms in total. The second-order valence-electron chi connectivity index (χ2n) is 12.8. The monoisotopic (exact) mass is 496 g/mol. The highest BCUT2D eigenvalue weighted by Gasteiger charge is 2.70. The predicted molar refractivity (Wildman–Crippen MR) is 129 cm³/mol. The van der Waals surface area contributed by atoms with E-state index in [1.165, 1.54) is 38.5 Å². The number of fused-ring (bicyclic) bond motifs is 5. The average Bonchev–Trinajstić information content (AvgIpc) is 3.05. The Hall–Kier alpha value is 0.0700. The second kappa shape index (κ2) is 8.38. The highest BCUT2D eigenvalue weighted by Crippen LogP contribution is 2.69. The van der Waals surface area contributed by atoms with Crippen LogP contribution in [0.2, 0.25) is 0 Å². The minimum Gasteiger partial charge on any atom is -0.393 e. The lowest BCUT2D eigenvalue weighted by molar-refractivity contribution is -0.211. The van der Waals surface area contributed by atoms with E-state index in [2.05, 4.69) is 50.5 Å². The standard InChI is InChI=1S/C27H45BrO3/c1-16(2)7-6-8-17(3)19-9-10-20-22-21(12-13-25(19,20)4)26(5)14-11-18(29)15-27(26,31)24(30)23(22)28/h16-23,29,31H,6-15H2,1-5H3/t17-,18+,19-,20+,21+,22+,23+,25-,26-,27+/m1/s1. The molecule has 0 spiro atoms. The summed E-state index contributed by atoms with van der Waals surface area (Å²) in [5, 5.41) is 21.9. The number of alkyl halides is 1. The molecule has 31 heavy (non-hydrogen) atoms. The molecule has 178 valence electrons. The van der Waals surface area contributed by atoms with Crippen molar-refractivity contribution in [1.82, 2.24) is 0 Å². The fourth-order valence-corrected chi connectivity index (χ4v) is 10.1. The van der Waals surface area contributed by atoms with Crippen LogP contribution in [0.25, 0.3) is 0 Å². The fraction of sp³-hybridized carbons (Fsp3) is 0.963. The Bertz CT molecular complexity index is 694. The first kappa shape index (κ1) is 24.2. The van der Waals surface area contributed by atoms with Crippen LogP contribution in [-0.4, -0.2) is 32.5 Å². The van der Waals surface area contributed by atoms with Crippen LogP contribution < -0.4 is 0 Å². The van der Waals surface area contributed by atoms with Crippen molar-refractivity contribution in [2.45, 2.75) is 115 Å². The van der Waals surface area contributed by atoms with Gasteiger partial charge in [0.05, 0.1) is 10.9 Å². The van der Waals surface area contributed by atoms with E-state index in [0.717, 1.165) is 30.6 Å². The Morgan fingerprint density at radius 1 is 1.03 bits per heavy atom. The summed E-state index contributed by atoms with van der Waals surface area (Å²) in [6.07, 6.45) is 9.94. The smallest absolute Gasteiger partial charge is 0.178 e. The van der Waals surface area contributed by atoms with Crippen molar-refractivity contribution < 1.29 is 15.0 Å². The van der Waals surface area contributed by atoms with Gasteiger partial charge in [-0.25, -0.2) is 0 Å². The number of hydrogen-bond acceptors (Lipinski definition) is 3. The lowest BCUT2D eigenvalue weighted by Gasteiger charge is -2.64. The fourth-order valence-electron chi connectivity index (χ4n) is 9.00. The number of ketones is 1. The van der Waals surface area contributed by atoms with Gasteiger partial charge in [-0.15, -0.1) is 0 Å². The van der Waals surface area contributed by atoms with Crippen molar-refractivity contribution in [1.29, 1.82) is 0 Å². The van der Waals surface area contributed by atoms with Crippen LogP contribution in [0.3, 0.4) is 0 Å². The first-order valence-corrected chi connectivity index (χ1v) is 14.0. The number of hydrogen-bond donors (Lipinski definition) is 2. The molecule has 0 aromatic carbocycles. The molecule has 0 bridgehead atoms. The molecule has 0 amide bonds. The van der Waals surface area contributed by atoms with E-state index in [1.54, 1.807) is 0 Å². The molecule has 2 N–H and O–H groups in total. The van der Waals surface area contributed by atoms with E-state index in [9.17, 15) is 15.0 Å². The highest BCUT2D eigenvalue weighted by atomic mass is 79.9. The third kappa shape index (κ3) is 3.60. The summed E-state index contributed by atoms with van der Waals surface area (Å²) in [6.45, 7) is 11.8. The van der Waals surface area contributed by atoms with E-state index in [-0.39, 0.29) is 17.0 Å². The van der Waals surface area contributed by atoms with Crippen LogP contribution in [0.1, 0.15) is 98.8 Å². The van der Waals surface area contributed by atoms with Gasteiger partial charge in [-0.3, -0.25) is 4.79 Å². The molecule has 4 aliphatic rings. The maximum atomic E-state index is 13.6. The molecular weight excluding hydrogens is 452 g/mol. The molecule has 4 saturated carbocycles. The van der Waals surface area contributed by atoms with Gasteiger partial charge in [0.2, 0.25) is 0 Å². The number of aliphatic hydroxyl groups excluding tert-OH is 1. The van der Waals surface area contributed by atoms with Gasteiger partial charge < -0.3 is 10.2 Å². The van der Waals surface area contributed by atoms with Gasteiger partial charge in [-0.05, 0) is 79.4 Å². The summed E-state index contributed by atoms with van der Waals surface area (Å²) in [5.74, 6) is 3.47. The Morgan fingerprint density at radius 3 is 2.42 bits per heavy atom. The summed E-state index contributed by atoms with van der Waals surface area (Å²) in [4.78, 5) is 13.3. The number of carbonyl (C=O) groups excluding carboxylic acids is 1. The van der Waals surface area contributed by atoms with Gasteiger partial charge in [-0.1, -0.05) is 69.8 Å². The second-order valence-corrected chi connectivity index (χ2v) is 13.7. The van der Waals surface area contributed by atoms with Crippen LogP contribution in [0.4, 0.5) is 0 Å². The van der Waals surface area contributed by atoms with Crippen molar-refractivity contribution >= 4 is 21.7 Å². The normalized spacial score (nSPS) is 50.7. The number of aliphatic hydroxyl groups is 2.